The lowest BCUT2D eigenvalue weighted by atomic mass is 10.0. The molecule has 0 spiro atoms. The second kappa shape index (κ2) is 7.99. The first kappa shape index (κ1) is 19.4. The molecule has 1 aliphatic rings. The quantitative estimate of drug-likeness (QED) is 0.648. The predicted octanol–water partition coefficient (Wildman–Crippen LogP) is 4.26. The second-order valence-electron chi connectivity index (χ2n) is 7.35. The fourth-order valence-electron chi connectivity index (χ4n) is 2.84. The number of carbonyl (C=O) groups excluding carboxylic acids is 1. The summed E-state index contributed by atoms with van der Waals surface area (Å²) in [5, 5.41) is 0. The Morgan fingerprint density at radius 1 is 1.38 bits per heavy atom. The lowest BCUT2D eigenvalue weighted by Gasteiger charge is -2.37. The van der Waals surface area contributed by atoms with Crippen LogP contribution in [0.1, 0.15) is 39.2 Å². The maximum Gasteiger partial charge on any atom is 0.410 e. The summed E-state index contributed by atoms with van der Waals surface area (Å²) in [4.78, 5) is 16.2. The topological polar surface area (TPSA) is 32.8 Å². The summed E-state index contributed by atoms with van der Waals surface area (Å²) >= 11 is 2.02. The maximum absolute atomic E-state index is 13.3. The largest absolute Gasteiger partial charge is 0.444 e. The van der Waals surface area contributed by atoms with Gasteiger partial charge in [0.1, 0.15) is 11.4 Å². The van der Waals surface area contributed by atoms with Crippen molar-refractivity contribution in [1.82, 2.24) is 9.80 Å². The normalized spacial score (nSPS) is 16.9. The van der Waals surface area contributed by atoms with Crippen LogP contribution in [0.4, 0.5) is 9.18 Å². The van der Waals surface area contributed by atoms with Crippen molar-refractivity contribution in [1.29, 1.82) is 0 Å². The third-order valence-corrected chi connectivity index (χ3v) is 5.00. The third-order valence-electron chi connectivity index (χ3n) is 4.18. The van der Waals surface area contributed by atoms with Crippen molar-refractivity contribution in [3.05, 3.63) is 33.1 Å². The Kier molecular flexibility index (Phi) is 6.47. The molecule has 1 heterocycles. The van der Waals surface area contributed by atoms with Crippen LogP contribution in [0.5, 0.6) is 0 Å². The van der Waals surface area contributed by atoms with E-state index in [0.29, 0.717) is 3.57 Å². The minimum atomic E-state index is -0.466. The summed E-state index contributed by atoms with van der Waals surface area (Å²) in [6.45, 7) is 8.30. The molecule has 0 aromatic heterocycles. The van der Waals surface area contributed by atoms with E-state index in [2.05, 4.69) is 4.90 Å². The summed E-state index contributed by atoms with van der Waals surface area (Å²) < 4.78 is 19.4. The van der Waals surface area contributed by atoms with Crippen molar-refractivity contribution in [2.45, 2.75) is 51.8 Å². The van der Waals surface area contributed by atoms with Crippen LogP contribution < -0.4 is 0 Å². The third kappa shape index (κ3) is 5.58. The average Bonchev–Trinajstić information content (AvgIpc) is 2.49. The first-order chi connectivity index (χ1) is 11.2. The van der Waals surface area contributed by atoms with Gasteiger partial charge in [0.05, 0.1) is 0 Å². The summed E-state index contributed by atoms with van der Waals surface area (Å²) in [7, 11) is 1.82. The monoisotopic (exact) mass is 448 g/mol. The number of carbonyl (C=O) groups is 1. The molecule has 1 amide bonds. The molecule has 134 valence electrons. The lowest BCUT2D eigenvalue weighted by molar-refractivity contribution is 0.0149. The number of nitrogens with zero attached hydrogens (tertiary/aromatic N) is 2. The van der Waals surface area contributed by atoms with E-state index >= 15 is 0 Å². The van der Waals surface area contributed by atoms with Crippen molar-refractivity contribution < 1.29 is 13.9 Å². The van der Waals surface area contributed by atoms with Crippen LogP contribution in [0, 0.1) is 9.39 Å². The molecule has 0 N–H and O–H groups in total. The second-order valence-corrected chi connectivity index (χ2v) is 8.51. The van der Waals surface area contributed by atoms with Gasteiger partial charge in [-0.3, -0.25) is 4.90 Å². The number of benzene rings is 1. The van der Waals surface area contributed by atoms with Gasteiger partial charge in [-0.1, -0.05) is 6.07 Å². The summed E-state index contributed by atoms with van der Waals surface area (Å²) in [6.07, 6.45) is 1.59. The molecule has 6 heteroatoms. The Bertz CT molecular complexity index is 581. The Morgan fingerprint density at radius 3 is 2.54 bits per heavy atom. The Morgan fingerprint density at radius 2 is 2.00 bits per heavy atom. The average molecular weight is 448 g/mol. The van der Waals surface area contributed by atoms with Gasteiger partial charge >= 0.3 is 6.09 Å². The standard InChI is InChI=1S/C18H26FIN2O2/c1-18(2,3)24-17(23)21(4)14-7-9-22(10-8-14)12-13-5-6-15(19)16(20)11-13/h5-6,11,14H,7-10,12H2,1-4H3. The number of ether oxygens (including phenoxy) is 1. The van der Waals surface area contributed by atoms with Crippen molar-refractivity contribution >= 4 is 28.7 Å². The Labute approximate surface area is 157 Å². The number of rotatable bonds is 3. The number of halogens is 2. The van der Waals surface area contributed by atoms with Gasteiger partial charge < -0.3 is 9.64 Å². The molecule has 4 nitrogen and oxygen atoms in total. The minimum Gasteiger partial charge on any atom is -0.444 e. The molecule has 0 aliphatic carbocycles. The molecular formula is C18H26FIN2O2. The highest BCUT2D eigenvalue weighted by molar-refractivity contribution is 14.1. The van der Waals surface area contributed by atoms with E-state index in [9.17, 15) is 9.18 Å². The molecule has 2 rings (SSSR count). The molecule has 24 heavy (non-hydrogen) atoms. The number of likely N-dealkylation sites (tertiary alicyclic amines) is 1. The first-order valence-electron chi connectivity index (χ1n) is 8.28. The summed E-state index contributed by atoms with van der Waals surface area (Å²) in [5.74, 6) is -0.169. The molecule has 0 radical (unpaired) electrons. The Balaban J connectivity index is 1.84. The molecule has 1 aliphatic heterocycles. The first-order valence-corrected chi connectivity index (χ1v) is 9.35. The van der Waals surface area contributed by atoms with E-state index < -0.39 is 5.60 Å². The molecular weight excluding hydrogens is 422 g/mol. The van der Waals surface area contributed by atoms with Gasteiger partial charge in [-0.15, -0.1) is 0 Å². The van der Waals surface area contributed by atoms with E-state index in [-0.39, 0.29) is 18.0 Å². The molecule has 0 atom stereocenters. The van der Waals surface area contributed by atoms with Gasteiger partial charge in [0.2, 0.25) is 0 Å². The maximum atomic E-state index is 13.3. The fourth-order valence-corrected chi connectivity index (χ4v) is 3.42. The zero-order chi connectivity index (χ0) is 17.9. The van der Waals surface area contributed by atoms with E-state index in [1.807, 2.05) is 62.5 Å². The van der Waals surface area contributed by atoms with Gasteiger partial charge in [-0.2, -0.15) is 0 Å². The summed E-state index contributed by atoms with van der Waals surface area (Å²) in [5.41, 5.74) is 0.658. The molecule has 1 saturated heterocycles. The zero-order valence-corrected chi connectivity index (χ0v) is 17.0. The van der Waals surface area contributed by atoms with Crippen molar-refractivity contribution in [3.63, 3.8) is 0 Å². The van der Waals surface area contributed by atoms with Crippen LogP contribution in [0.25, 0.3) is 0 Å². The van der Waals surface area contributed by atoms with Gasteiger partial charge in [0.25, 0.3) is 0 Å². The van der Waals surface area contributed by atoms with Gasteiger partial charge in [0, 0.05) is 36.3 Å². The molecule has 1 aromatic rings. The predicted molar refractivity (Wildman–Crippen MR) is 101 cm³/mol. The van der Waals surface area contributed by atoms with Crippen LogP contribution >= 0.6 is 22.6 Å². The van der Waals surface area contributed by atoms with Crippen molar-refractivity contribution in [3.8, 4) is 0 Å². The van der Waals surface area contributed by atoms with Crippen LogP contribution in [0.15, 0.2) is 18.2 Å². The highest BCUT2D eigenvalue weighted by atomic mass is 127. The molecule has 1 fully saturated rings. The number of amides is 1. The van der Waals surface area contributed by atoms with Gasteiger partial charge in [0.15, 0.2) is 0 Å². The van der Waals surface area contributed by atoms with Crippen LogP contribution in [0.3, 0.4) is 0 Å². The SMILES string of the molecule is CN(C(=O)OC(C)(C)C)C1CCN(Cc2ccc(F)c(I)c2)CC1. The van der Waals surface area contributed by atoms with Crippen molar-refractivity contribution in [2.24, 2.45) is 0 Å². The van der Waals surface area contributed by atoms with Gasteiger partial charge in [-0.25, -0.2) is 9.18 Å². The fraction of sp³-hybridized carbons (Fsp3) is 0.611. The molecule has 0 saturated carbocycles. The van der Waals surface area contributed by atoms with E-state index in [1.54, 1.807) is 4.90 Å². The highest BCUT2D eigenvalue weighted by Gasteiger charge is 2.28. The van der Waals surface area contributed by atoms with E-state index in [0.717, 1.165) is 38.0 Å². The van der Waals surface area contributed by atoms with Crippen LogP contribution in [-0.2, 0) is 11.3 Å². The van der Waals surface area contributed by atoms with Gasteiger partial charge in [-0.05, 0) is 73.9 Å². The Hall–Kier alpha value is -0.890. The lowest BCUT2D eigenvalue weighted by Crippen LogP contribution is -2.46. The smallest absolute Gasteiger partial charge is 0.410 e. The van der Waals surface area contributed by atoms with E-state index in [1.165, 1.54) is 6.07 Å². The summed E-state index contributed by atoms with van der Waals surface area (Å²) in [6, 6.07) is 5.48. The highest BCUT2D eigenvalue weighted by Crippen LogP contribution is 2.21. The molecule has 0 unspecified atom stereocenters. The zero-order valence-electron chi connectivity index (χ0n) is 14.8. The van der Waals surface area contributed by atoms with Crippen LogP contribution in [-0.4, -0.2) is 47.7 Å². The number of hydrogen-bond acceptors (Lipinski definition) is 3. The van der Waals surface area contributed by atoms with Crippen LogP contribution in [0.2, 0.25) is 0 Å². The number of piperidine rings is 1. The minimum absolute atomic E-state index is 0.169. The van der Waals surface area contributed by atoms with Crippen molar-refractivity contribution in [2.75, 3.05) is 20.1 Å². The molecule has 1 aromatic carbocycles. The number of hydrogen-bond donors (Lipinski definition) is 0. The van der Waals surface area contributed by atoms with E-state index in [4.69, 9.17) is 4.74 Å². The molecule has 0 bridgehead atoms.